The number of hydrogen-bond donors (Lipinski definition) is 1. The first-order valence-corrected chi connectivity index (χ1v) is 7.55. The quantitative estimate of drug-likeness (QED) is 0.841. The highest BCUT2D eigenvalue weighted by Gasteiger charge is 2.22. The molecule has 0 bridgehead atoms. The molecule has 0 saturated carbocycles. The summed E-state index contributed by atoms with van der Waals surface area (Å²) in [5, 5.41) is 2.63. The van der Waals surface area contributed by atoms with Gasteiger partial charge in [-0.3, -0.25) is 9.59 Å². The molecule has 0 spiro atoms. The molecule has 0 aromatic heterocycles. The fourth-order valence-electron chi connectivity index (χ4n) is 2.54. The highest BCUT2D eigenvalue weighted by molar-refractivity contribution is 6.01. The second-order valence-electron chi connectivity index (χ2n) is 5.35. The molecule has 0 radical (unpaired) electrons. The number of likely N-dealkylation sites (tertiary alicyclic amines) is 1. The molecule has 0 aliphatic carbocycles. The average Bonchev–Trinajstić information content (AvgIpc) is 3.07. The zero-order chi connectivity index (χ0) is 16.8. The summed E-state index contributed by atoms with van der Waals surface area (Å²) in [5.41, 5.74) is 1.02. The molecule has 1 aliphatic heterocycles. The summed E-state index contributed by atoms with van der Waals surface area (Å²) >= 11 is 0. The number of amides is 2. The van der Waals surface area contributed by atoms with E-state index in [9.17, 15) is 9.59 Å². The number of nitrogens with one attached hydrogen (secondary N) is 1. The van der Waals surface area contributed by atoms with Crippen molar-refractivity contribution in [2.75, 3.05) is 27.3 Å². The standard InChI is InChI=1S/C17H22N2O4/c1-12(20)18-14(17(21)19-8-4-5-9-19)10-13-6-7-15(22-2)16(11-13)23-3/h6-7,10-11H,4-5,8-9H2,1-3H3,(H,18,20). The molecule has 6 nitrogen and oxygen atoms in total. The molecule has 1 aromatic rings. The fourth-order valence-corrected chi connectivity index (χ4v) is 2.54. The first-order valence-electron chi connectivity index (χ1n) is 7.55. The maximum atomic E-state index is 12.5. The van der Waals surface area contributed by atoms with Gasteiger partial charge in [-0.2, -0.15) is 0 Å². The van der Waals surface area contributed by atoms with Crippen molar-refractivity contribution in [3.05, 3.63) is 29.5 Å². The summed E-state index contributed by atoms with van der Waals surface area (Å²) in [5.74, 6) is 0.741. The number of carbonyl (C=O) groups is 2. The molecule has 1 aliphatic rings. The van der Waals surface area contributed by atoms with Gasteiger partial charge in [0.2, 0.25) is 5.91 Å². The van der Waals surface area contributed by atoms with Gasteiger partial charge in [-0.05, 0) is 36.6 Å². The average molecular weight is 318 g/mol. The molecule has 6 heteroatoms. The van der Waals surface area contributed by atoms with Crippen LogP contribution in [0.25, 0.3) is 6.08 Å². The van der Waals surface area contributed by atoms with Crippen LogP contribution in [0.3, 0.4) is 0 Å². The van der Waals surface area contributed by atoms with Crippen molar-refractivity contribution in [3.63, 3.8) is 0 Å². The van der Waals surface area contributed by atoms with Crippen molar-refractivity contribution >= 4 is 17.9 Å². The monoisotopic (exact) mass is 318 g/mol. The van der Waals surface area contributed by atoms with E-state index in [2.05, 4.69) is 5.32 Å². The smallest absolute Gasteiger partial charge is 0.270 e. The van der Waals surface area contributed by atoms with Crippen molar-refractivity contribution in [2.24, 2.45) is 0 Å². The van der Waals surface area contributed by atoms with Gasteiger partial charge in [0.1, 0.15) is 5.70 Å². The largest absolute Gasteiger partial charge is 0.493 e. The number of benzene rings is 1. The lowest BCUT2D eigenvalue weighted by atomic mass is 10.1. The highest BCUT2D eigenvalue weighted by Crippen LogP contribution is 2.28. The predicted octanol–water partition coefficient (Wildman–Crippen LogP) is 1.80. The molecular weight excluding hydrogens is 296 g/mol. The van der Waals surface area contributed by atoms with Gasteiger partial charge in [-0.25, -0.2) is 0 Å². The van der Waals surface area contributed by atoms with E-state index in [0.29, 0.717) is 11.5 Å². The summed E-state index contributed by atoms with van der Waals surface area (Å²) < 4.78 is 10.5. The summed E-state index contributed by atoms with van der Waals surface area (Å²) in [4.78, 5) is 25.7. The van der Waals surface area contributed by atoms with Gasteiger partial charge in [-0.15, -0.1) is 0 Å². The fraction of sp³-hybridized carbons (Fsp3) is 0.412. The number of ether oxygens (including phenoxy) is 2. The SMILES string of the molecule is COc1ccc(C=C(NC(C)=O)C(=O)N2CCCC2)cc1OC. The second kappa shape index (κ2) is 7.67. The van der Waals surface area contributed by atoms with Crippen molar-refractivity contribution in [2.45, 2.75) is 19.8 Å². The Morgan fingerprint density at radius 2 is 1.78 bits per heavy atom. The van der Waals surface area contributed by atoms with Crippen LogP contribution in [-0.2, 0) is 9.59 Å². The van der Waals surface area contributed by atoms with E-state index in [1.807, 2.05) is 0 Å². The summed E-state index contributed by atoms with van der Waals surface area (Å²) in [7, 11) is 3.11. The lowest BCUT2D eigenvalue weighted by Crippen LogP contribution is -2.35. The molecule has 1 saturated heterocycles. The third kappa shape index (κ3) is 4.25. The van der Waals surface area contributed by atoms with Gasteiger partial charge < -0.3 is 19.7 Å². The van der Waals surface area contributed by atoms with E-state index in [0.717, 1.165) is 31.5 Å². The minimum atomic E-state index is -0.274. The Kier molecular flexibility index (Phi) is 5.62. The van der Waals surface area contributed by atoms with Gasteiger partial charge in [0.15, 0.2) is 11.5 Å². The normalized spacial score (nSPS) is 14.6. The van der Waals surface area contributed by atoms with Crippen molar-refractivity contribution in [1.29, 1.82) is 0 Å². The van der Waals surface area contributed by atoms with E-state index in [-0.39, 0.29) is 17.5 Å². The Morgan fingerprint density at radius 3 is 2.35 bits per heavy atom. The van der Waals surface area contributed by atoms with Crippen molar-refractivity contribution in [1.82, 2.24) is 10.2 Å². The van der Waals surface area contributed by atoms with E-state index < -0.39 is 0 Å². The van der Waals surface area contributed by atoms with Crippen LogP contribution in [0.15, 0.2) is 23.9 Å². The first kappa shape index (κ1) is 16.9. The zero-order valence-electron chi connectivity index (χ0n) is 13.7. The third-order valence-corrected chi connectivity index (χ3v) is 3.65. The minimum Gasteiger partial charge on any atom is -0.493 e. The Bertz CT molecular complexity index is 619. The predicted molar refractivity (Wildman–Crippen MR) is 87.2 cm³/mol. The maximum absolute atomic E-state index is 12.5. The Labute approximate surface area is 136 Å². The van der Waals surface area contributed by atoms with Crippen LogP contribution >= 0.6 is 0 Å². The van der Waals surface area contributed by atoms with Crippen molar-refractivity contribution < 1.29 is 19.1 Å². The molecule has 1 N–H and O–H groups in total. The third-order valence-electron chi connectivity index (χ3n) is 3.65. The van der Waals surface area contributed by atoms with Crippen LogP contribution in [0.1, 0.15) is 25.3 Å². The number of carbonyl (C=O) groups excluding carboxylic acids is 2. The van der Waals surface area contributed by atoms with Crippen LogP contribution in [0.4, 0.5) is 0 Å². The second-order valence-corrected chi connectivity index (χ2v) is 5.35. The topological polar surface area (TPSA) is 67.9 Å². The van der Waals surface area contributed by atoms with Gasteiger partial charge >= 0.3 is 0 Å². The zero-order valence-corrected chi connectivity index (χ0v) is 13.7. The molecule has 2 amide bonds. The molecule has 0 atom stereocenters. The Balaban J connectivity index is 2.32. The molecule has 2 rings (SSSR count). The summed E-state index contributed by atoms with van der Waals surface area (Å²) in [6.07, 6.45) is 3.65. The van der Waals surface area contributed by atoms with Gasteiger partial charge in [0, 0.05) is 20.0 Å². The maximum Gasteiger partial charge on any atom is 0.270 e. The molecule has 23 heavy (non-hydrogen) atoms. The van der Waals surface area contributed by atoms with E-state index in [1.54, 1.807) is 43.4 Å². The van der Waals surface area contributed by atoms with E-state index >= 15 is 0 Å². The number of hydrogen-bond acceptors (Lipinski definition) is 4. The van der Waals surface area contributed by atoms with Gasteiger partial charge in [0.25, 0.3) is 5.91 Å². The summed E-state index contributed by atoms with van der Waals surface area (Å²) in [6, 6.07) is 5.33. The Hall–Kier alpha value is -2.50. The number of rotatable bonds is 5. The lowest BCUT2D eigenvalue weighted by molar-refractivity contribution is -0.128. The molecule has 1 heterocycles. The van der Waals surface area contributed by atoms with Gasteiger partial charge in [0.05, 0.1) is 14.2 Å². The highest BCUT2D eigenvalue weighted by atomic mass is 16.5. The number of nitrogens with zero attached hydrogens (tertiary/aromatic N) is 1. The van der Waals surface area contributed by atoms with E-state index in [4.69, 9.17) is 9.47 Å². The molecule has 1 fully saturated rings. The van der Waals surface area contributed by atoms with Crippen LogP contribution in [0.2, 0.25) is 0 Å². The van der Waals surface area contributed by atoms with Crippen LogP contribution in [-0.4, -0.2) is 44.0 Å². The first-order chi connectivity index (χ1) is 11.0. The lowest BCUT2D eigenvalue weighted by Gasteiger charge is -2.18. The Morgan fingerprint density at radius 1 is 1.13 bits per heavy atom. The van der Waals surface area contributed by atoms with Crippen molar-refractivity contribution in [3.8, 4) is 11.5 Å². The van der Waals surface area contributed by atoms with Crippen LogP contribution < -0.4 is 14.8 Å². The molecule has 124 valence electrons. The molecular formula is C17H22N2O4. The summed E-state index contributed by atoms with van der Waals surface area (Å²) in [6.45, 7) is 2.84. The molecule has 0 unspecified atom stereocenters. The number of methoxy groups -OCH3 is 2. The van der Waals surface area contributed by atoms with Crippen LogP contribution in [0.5, 0.6) is 11.5 Å². The molecule has 1 aromatic carbocycles. The van der Waals surface area contributed by atoms with Crippen LogP contribution in [0, 0.1) is 0 Å². The van der Waals surface area contributed by atoms with Gasteiger partial charge in [-0.1, -0.05) is 6.07 Å². The van der Waals surface area contributed by atoms with E-state index in [1.165, 1.54) is 6.92 Å². The minimum absolute atomic E-state index is 0.160.